The fourth-order valence-electron chi connectivity index (χ4n) is 2.04. The summed E-state index contributed by atoms with van der Waals surface area (Å²) in [6.45, 7) is 11.7. The van der Waals surface area contributed by atoms with Crippen molar-refractivity contribution < 1.29 is 9.31 Å². The first-order valence-corrected chi connectivity index (χ1v) is 6.26. The summed E-state index contributed by atoms with van der Waals surface area (Å²) in [4.78, 5) is 2.47. The van der Waals surface area contributed by atoms with Crippen molar-refractivity contribution in [1.82, 2.24) is 4.90 Å². The molecule has 0 atom stereocenters. The van der Waals surface area contributed by atoms with Crippen molar-refractivity contribution in [3.05, 3.63) is 0 Å². The second-order valence-corrected chi connectivity index (χ2v) is 4.05. The number of nitrogens with zero attached hydrogens (tertiary/aromatic N) is 2. The van der Waals surface area contributed by atoms with Gasteiger partial charge in [0, 0.05) is 6.42 Å². The van der Waals surface area contributed by atoms with Gasteiger partial charge in [0.05, 0.1) is 13.2 Å². The van der Waals surface area contributed by atoms with Crippen molar-refractivity contribution in [2.45, 2.75) is 40.0 Å². The maximum atomic E-state index is 5.61. The Hall–Kier alpha value is -0.570. The van der Waals surface area contributed by atoms with E-state index < -0.39 is 0 Å². The van der Waals surface area contributed by atoms with Crippen LogP contribution in [0.1, 0.15) is 40.0 Å². The van der Waals surface area contributed by atoms with Gasteiger partial charge in [-0.1, -0.05) is 13.8 Å². The normalized spacial score (nSPS) is 16.6. The van der Waals surface area contributed by atoms with E-state index in [1.807, 2.05) is 0 Å². The van der Waals surface area contributed by atoms with Crippen LogP contribution in [0.25, 0.3) is 0 Å². The summed E-state index contributed by atoms with van der Waals surface area (Å²) in [6.07, 6.45) is 3.51. The van der Waals surface area contributed by atoms with Gasteiger partial charge in [-0.25, -0.2) is 4.58 Å². The van der Waals surface area contributed by atoms with Crippen LogP contribution in [0.3, 0.4) is 0 Å². The molecule has 0 bridgehead atoms. The molecule has 0 spiro atoms. The first-order valence-electron chi connectivity index (χ1n) is 6.26. The molecule has 88 valence electrons. The van der Waals surface area contributed by atoms with Gasteiger partial charge in [0.2, 0.25) is 5.84 Å². The van der Waals surface area contributed by atoms with Gasteiger partial charge >= 0.3 is 0 Å². The third-order valence-corrected chi connectivity index (χ3v) is 2.82. The maximum Gasteiger partial charge on any atom is 0.248 e. The molecule has 0 amide bonds. The topological polar surface area (TPSA) is 15.5 Å². The first kappa shape index (κ1) is 12.5. The lowest BCUT2D eigenvalue weighted by atomic mass is 10.3. The fourth-order valence-corrected chi connectivity index (χ4v) is 2.04. The summed E-state index contributed by atoms with van der Waals surface area (Å²) in [5.41, 5.74) is 0. The summed E-state index contributed by atoms with van der Waals surface area (Å²) in [7, 11) is 0. The van der Waals surface area contributed by atoms with Gasteiger partial charge < -0.3 is 4.74 Å². The largest absolute Gasteiger partial charge is 0.342 e. The lowest BCUT2D eigenvalue weighted by Crippen LogP contribution is -2.29. The van der Waals surface area contributed by atoms with Crippen molar-refractivity contribution in [3.63, 3.8) is 0 Å². The molecule has 0 saturated heterocycles. The summed E-state index contributed by atoms with van der Waals surface area (Å²) >= 11 is 0. The smallest absolute Gasteiger partial charge is 0.248 e. The molecule has 0 aromatic rings. The van der Waals surface area contributed by atoms with E-state index in [0.29, 0.717) is 0 Å². The van der Waals surface area contributed by atoms with E-state index in [1.165, 1.54) is 25.2 Å². The Balaban J connectivity index is 2.51. The summed E-state index contributed by atoms with van der Waals surface area (Å²) < 4.78 is 8.01. The molecule has 0 unspecified atom stereocenters. The van der Waals surface area contributed by atoms with Crippen LogP contribution < -0.4 is 0 Å². The van der Waals surface area contributed by atoms with E-state index in [9.17, 15) is 0 Å². The molecule has 0 fully saturated rings. The molecule has 0 radical (unpaired) electrons. The van der Waals surface area contributed by atoms with Crippen LogP contribution in [-0.2, 0) is 4.74 Å². The van der Waals surface area contributed by atoms with Crippen LogP contribution in [0.4, 0.5) is 0 Å². The van der Waals surface area contributed by atoms with Gasteiger partial charge in [-0.05, 0) is 19.8 Å². The number of amidine groups is 1. The van der Waals surface area contributed by atoms with Crippen LogP contribution in [0, 0.1) is 0 Å². The summed E-state index contributed by atoms with van der Waals surface area (Å²) in [5, 5.41) is 0. The Morgan fingerprint density at radius 2 is 2.07 bits per heavy atom. The minimum Gasteiger partial charge on any atom is -0.342 e. The molecule has 15 heavy (non-hydrogen) atoms. The van der Waals surface area contributed by atoms with Crippen LogP contribution in [0.15, 0.2) is 0 Å². The minimum absolute atomic E-state index is 0.777. The number of ether oxygens (including phenoxy) is 1. The molecule has 1 heterocycles. The molecule has 1 rings (SSSR count). The van der Waals surface area contributed by atoms with E-state index in [4.69, 9.17) is 4.74 Å². The first-order chi connectivity index (χ1) is 7.33. The predicted octanol–water partition coefficient (Wildman–Crippen LogP) is 1.92. The molecule has 0 aliphatic carbocycles. The summed E-state index contributed by atoms with van der Waals surface area (Å²) in [5.74, 6) is 1.48. The monoisotopic (exact) mass is 213 g/mol. The second-order valence-electron chi connectivity index (χ2n) is 4.05. The fraction of sp³-hybridized carbons (Fsp3) is 0.917. The van der Waals surface area contributed by atoms with Gasteiger partial charge in [0.25, 0.3) is 0 Å². The minimum atomic E-state index is 0.777. The molecule has 1 aliphatic rings. The molecule has 0 saturated carbocycles. The van der Waals surface area contributed by atoms with E-state index in [0.717, 1.165) is 32.8 Å². The molecular weight excluding hydrogens is 188 g/mol. The average Bonchev–Trinajstić information content (AvgIpc) is 2.62. The van der Waals surface area contributed by atoms with E-state index in [-0.39, 0.29) is 0 Å². The molecule has 3 nitrogen and oxygen atoms in total. The van der Waals surface area contributed by atoms with Crippen molar-refractivity contribution in [3.8, 4) is 0 Å². The van der Waals surface area contributed by atoms with Crippen LogP contribution in [-0.4, -0.2) is 48.3 Å². The number of likely N-dealkylation sites (N-methyl/N-ethyl adjacent to an activating group) is 1. The van der Waals surface area contributed by atoms with E-state index >= 15 is 0 Å². The van der Waals surface area contributed by atoms with Gasteiger partial charge in [0.15, 0.2) is 6.73 Å². The second kappa shape index (κ2) is 6.83. The molecule has 1 aliphatic heterocycles. The van der Waals surface area contributed by atoms with Gasteiger partial charge in [-0.15, -0.1) is 0 Å². The zero-order valence-electron chi connectivity index (χ0n) is 10.5. The zero-order chi connectivity index (χ0) is 11.1. The summed E-state index contributed by atoms with van der Waals surface area (Å²) in [6, 6.07) is 0. The van der Waals surface area contributed by atoms with Gasteiger partial charge in [-0.3, -0.25) is 4.90 Å². The van der Waals surface area contributed by atoms with Crippen molar-refractivity contribution in [2.75, 3.05) is 33.0 Å². The highest BCUT2D eigenvalue weighted by Gasteiger charge is 2.27. The maximum absolute atomic E-state index is 5.61. The van der Waals surface area contributed by atoms with Gasteiger partial charge in [-0.2, -0.15) is 0 Å². The highest BCUT2D eigenvalue weighted by Crippen LogP contribution is 2.07. The highest BCUT2D eigenvalue weighted by molar-refractivity contribution is 5.78. The quantitative estimate of drug-likeness (QED) is 0.474. The van der Waals surface area contributed by atoms with E-state index in [2.05, 4.69) is 30.2 Å². The number of hydrogen-bond acceptors (Lipinski definition) is 2. The SMILES string of the molecule is CCCOC[N+]1=C(CCC)N(CC)CC1. The molecule has 3 heteroatoms. The Labute approximate surface area is 93.7 Å². The molecule has 0 N–H and O–H groups in total. The number of hydrogen-bond donors (Lipinski definition) is 0. The van der Waals surface area contributed by atoms with Crippen LogP contribution in [0.5, 0.6) is 0 Å². The molecule has 0 aromatic heterocycles. The van der Waals surface area contributed by atoms with Gasteiger partial charge in [0.1, 0.15) is 13.1 Å². The van der Waals surface area contributed by atoms with Crippen molar-refractivity contribution in [2.24, 2.45) is 0 Å². The van der Waals surface area contributed by atoms with Crippen LogP contribution >= 0.6 is 0 Å². The Morgan fingerprint density at radius 3 is 2.67 bits per heavy atom. The Bertz CT molecular complexity index is 214. The standard InChI is InChI=1S/C12H25N2O/c1-4-7-12-13(6-3)8-9-14(12)11-15-10-5-2/h4-11H2,1-3H3/q+1. The molecule has 0 aromatic carbocycles. The van der Waals surface area contributed by atoms with E-state index in [1.54, 1.807) is 0 Å². The van der Waals surface area contributed by atoms with Crippen LogP contribution in [0.2, 0.25) is 0 Å². The zero-order valence-corrected chi connectivity index (χ0v) is 10.5. The lowest BCUT2D eigenvalue weighted by Gasteiger charge is -2.10. The predicted molar refractivity (Wildman–Crippen MR) is 63.4 cm³/mol. The average molecular weight is 213 g/mol. The highest BCUT2D eigenvalue weighted by atomic mass is 16.5. The Kier molecular flexibility index (Phi) is 5.69. The third kappa shape index (κ3) is 3.49. The third-order valence-electron chi connectivity index (χ3n) is 2.82. The molecular formula is C12H25N2O+. The Morgan fingerprint density at radius 1 is 1.27 bits per heavy atom. The lowest BCUT2D eigenvalue weighted by molar-refractivity contribution is -0.560. The number of rotatable bonds is 7. The van der Waals surface area contributed by atoms with Crippen molar-refractivity contribution in [1.29, 1.82) is 0 Å². The van der Waals surface area contributed by atoms with Crippen molar-refractivity contribution >= 4 is 5.84 Å².